The summed E-state index contributed by atoms with van der Waals surface area (Å²) in [4.78, 5) is 6.31. The maximum Gasteiger partial charge on any atom is 0.0705 e. The largest absolute Gasteiger partial charge is 0.392 e. The van der Waals surface area contributed by atoms with Crippen molar-refractivity contribution in [1.82, 2.24) is 4.98 Å². The topological polar surface area (TPSA) is 33.1 Å². The summed E-state index contributed by atoms with van der Waals surface area (Å²) in [6, 6.07) is 16.5. The Hall–Kier alpha value is -1.81. The van der Waals surface area contributed by atoms with Gasteiger partial charge in [-0.2, -0.15) is 0 Å². The van der Waals surface area contributed by atoms with Crippen LogP contribution in [-0.2, 0) is 12.4 Å². The molecular formula is C26H30ClNOS. The van der Waals surface area contributed by atoms with E-state index in [4.69, 9.17) is 16.6 Å². The van der Waals surface area contributed by atoms with Crippen molar-refractivity contribution in [2.75, 3.05) is 0 Å². The van der Waals surface area contributed by atoms with Crippen LogP contribution in [0.4, 0.5) is 0 Å². The third kappa shape index (κ3) is 5.08. The van der Waals surface area contributed by atoms with E-state index in [1.54, 1.807) is 0 Å². The zero-order valence-corrected chi connectivity index (χ0v) is 19.9. The van der Waals surface area contributed by atoms with Crippen molar-refractivity contribution >= 4 is 23.4 Å². The van der Waals surface area contributed by atoms with Gasteiger partial charge in [-0.25, -0.2) is 0 Å². The van der Waals surface area contributed by atoms with Crippen LogP contribution in [0.25, 0.3) is 11.1 Å². The predicted molar refractivity (Wildman–Crippen MR) is 130 cm³/mol. The molecule has 1 N–H and O–H groups in total. The van der Waals surface area contributed by atoms with Crippen LogP contribution in [0.15, 0.2) is 53.4 Å². The van der Waals surface area contributed by atoms with Crippen molar-refractivity contribution in [2.24, 2.45) is 0 Å². The molecule has 0 aliphatic heterocycles. The number of aryl methyl sites for hydroxylation is 1. The molecule has 0 spiro atoms. The van der Waals surface area contributed by atoms with E-state index >= 15 is 0 Å². The number of benzene rings is 2. The zero-order chi connectivity index (χ0) is 21.8. The molecule has 2 nitrogen and oxygen atoms in total. The maximum atomic E-state index is 10.4. The number of hydrogen-bond acceptors (Lipinski definition) is 3. The monoisotopic (exact) mass is 439 g/mol. The number of nitrogens with zero attached hydrogens (tertiary/aromatic N) is 1. The Kier molecular flexibility index (Phi) is 7.62. The fourth-order valence-corrected chi connectivity index (χ4v) is 4.78. The fraction of sp³-hybridized carbons (Fsp3) is 0.346. The van der Waals surface area contributed by atoms with Gasteiger partial charge in [0.05, 0.1) is 6.61 Å². The van der Waals surface area contributed by atoms with Crippen molar-refractivity contribution in [1.29, 1.82) is 0 Å². The highest BCUT2D eigenvalue weighted by Gasteiger charge is 2.23. The van der Waals surface area contributed by atoms with Gasteiger partial charge in [0, 0.05) is 32.6 Å². The van der Waals surface area contributed by atoms with Crippen LogP contribution in [-0.4, -0.2) is 10.1 Å². The van der Waals surface area contributed by atoms with E-state index in [2.05, 4.69) is 58.9 Å². The van der Waals surface area contributed by atoms with Crippen molar-refractivity contribution in [2.45, 2.75) is 63.7 Å². The van der Waals surface area contributed by atoms with Crippen molar-refractivity contribution in [3.63, 3.8) is 0 Å². The van der Waals surface area contributed by atoms with Gasteiger partial charge in [-0.1, -0.05) is 69.1 Å². The zero-order valence-electron chi connectivity index (χ0n) is 18.4. The third-order valence-corrected chi connectivity index (χ3v) is 6.54. The predicted octanol–water partition coefficient (Wildman–Crippen LogP) is 7.74. The highest BCUT2D eigenvalue weighted by atomic mass is 35.5. The molecule has 158 valence electrons. The number of hydrogen-bond donors (Lipinski definition) is 1. The highest BCUT2D eigenvalue weighted by molar-refractivity contribution is 7.98. The Morgan fingerprint density at radius 1 is 0.867 bits per heavy atom. The van der Waals surface area contributed by atoms with Gasteiger partial charge in [0.25, 0.3) is 0 Å². The number of thioether (sulfide) groups is 1. The molecule has 0 saturated carbocycles. The molecule has 0 fully saturated rings. The second-order valence-corrected chi connectivity index (χ2v) is 9.78. The van der Waals surface area contributed by atoms with Crippen LogP contribution in [0.3, 0.4) is 0 Å². The molecule has 0 aliphatic rings. The second-order valence-electron chi connectivity index (χ2n) is 8.29. The van der Waals surface area contributed by atoms with E-state index in [9.17, 15) is 5.11 Å². The van der Waals surface area contributed by atoms with Crippen molar-refractivity contribution in [3.05, 3.63) is 81.6 Å². The molecule has 0 bridgehead atoms. The van der Waals surface area contributed by atoms with Gasteiger partial charge in [0.1, 0.15) is 0 Å². The molecule has 1 aromatic heterocycles. The maximum absolute atomic E-state index is 10.4. The molecule has 0 unspecified atom stereocenters. The highest BCUT2D eigenvalue weighted by Crippen LogP contribution is 2.39. The number of pyridine rings is 1. The summed E-state index contributed by atoms with van der Waals surface area (Å²) in [6.45, 7) is 10.7. The average Bonchev–Trinajstić information content (AvgIpc) is 2.72. The van der Waals surface area contributed by atoms with Crippen LogP contribution in [0.1, 0.15) is 67.6 Å². The van der Waals surface area contributed by atoms with E-state index in [1.807, 2.05) is 36.0 Å². The van der Waals surface area contributed by atoms with Crippen LogP contribution in [0.5, 0.6) is 0 Å². The van der Waals surface area contributed by atoms with Crippen LogP contribution >= 0.6 is 23.4 Å². The van der Waals surface area contributed by atoms with Crippen LogP contribution in [0, 0.1) is 6.92 Å². The summed E-state index contributed by atoms with van der Waals surface area (Å²) < 4.78 is 0. The molecule has 0 amide bonds. The molecular weight excluding hydrogens is 410 g/mol. The van der Waals surface area contributed by atoms with Crippen LogP contribution in [0.2, 0.25) is 5.02 Å². The molecule has 0 atom stereocenters. The minimum Gasteiger partial charge on any atom is -0.392 e. The van der Waals surface area contributed by atoms with Gasteiger partial charge < -0.3 is 5.11 Å². The van der Waals surface area contributed by atoms with E-state index in [0.29, 0.717) is 5.02 Å². The molecule has 0 aliphatic carbocycles. The van der Waals surface area contributed by atoms with E-state index in [0.717, 1.165) is 33.8 Å². The first kappa shape index (κ1) is 22.9. The standard InChI is InChI=1S/C26H30ClNOS/c1-16(2)25-22(14-29)24(19-8-10-20(27)11-9-19)23(26(28-25)17(3)4)15-30-21-12-6-18(5)7-13-21/h6-13,16-17,29H,14-15H2,1-5H3. The molecule has 30 heavy (non-hydrogen) atoms. The first-order valence-corrected chi connectivity index (χ1v) is 11.8. The minimum atomic E-state index is -0.0287. The summed E-state index contributed by atoms with van der Waals surface area (Å²) in [5, 5.41) is 11.1. The van der Waals surface area contributed by atoms with Gasteiger partial charge in [-0.3, -0.25) is 4.98 Å². The van der Waals surface area contributed by atoms with Crippen molar-refractivity contribution in [3.8, 4) is 11.1 Å². The number of aromatic nitrogens is 1. The Labute approximate surface area is 189 Å². The Bertz CT molecular complexity index is 995. The molecule has 0 radical (unpaired) electrons. The smallest absolute Gasteiger partial charge is 0.0705 e. The molecule has 0 saturated heterocycles. The van der Waals surface area contributed by atoms with Gasteiger partial charge >= 0.3 is 0 Å². The summed E-state index contributed by atoms with van der Waals surface area (Å²) in [7, 11) is 0. The summed E-state index contributed by atoms with van der Waals surface area (Å²) in [5.74, 6) is 1.32. The minimum absolute atomic E-state index is 0.0287. The van der Waals surface area contributed by atoms with Gasteiger partial charge in [0.2, 0.25) is 0 Å². The summed E-state index contributed by atoms with van der Waals surface area (Å²) in [6.07, 6.45) is 0. The normalized spacial score (nSPS) is 11.5. The Morgan fingerprint density at radius 2 is 1.43 bits per heavy atom. The molecule has 3 aromatic rings. The quantitative estimate of drug-likeness (QED) is 0.382. The lowest BCUT2D eigenvalue weighted by Gasteiger charge is -2.24. The lowest BCUT2D eigenvalue weighted by atomic mass is 9.88. The fourth-order valence-electron chi connectivity index (χ4n) is 3.72. The first-order chi connectivity index (χ1) is 14.3. The van der Waals surface area contributed by atoms with Gasteiger partial charge in [0.15, 0.2) is 0 Å². The lowest BCUT2D eigenvalue weighted by molar-refractivity contribution is 0.279. The average molecular weight is 440 g/mol. The van der Waals surface area contributed by atoms with Gasteiger partial charge in [-0.05, 0) is 59.7 Å². The molecule has 2 aromatic carbocycles. The molecule has 1 heterocycles. The van der Waals surface area contributed by atoms with E-state index < -0.39 is 0 Å². The first-order valence-electron chi connectivity index (χ1n) is 10.4. The number of halogens is 1. The Morgan fingerprint density at radius 3 is 1.97 bits per heavy atom. The SMILES string of the molecule is Cc1ccc(SCc2c(C(C)C)nc(C(C)C)c(CO)c2-c2ccc(Cl)cc2)cc1. The molecule has 3 rings (SSSR count). The number of aliphatic hydroxyl groups excluding tert-OH is 1. The van der Waals surface area contributed by atoms with E-state index in [-0.39, 0.29) is 18.4 Å². The van der Waals surface area contributed by atoms with E-state index in [1.165, 1.54) is 16.0 Å². The summed E-state index contributed by atoms with van der Waals surface area (Å²) in [5.41, 5.74) is 7.67. The summed E-state index contributed by atoms with van der Waals surface area (Å²) >= 11 is 7.98. The second kappa shape index (κ2) is 10.00. The lowest BCUT2D eigenvalue weighted by Crippen LogP contribution is -2.12. The molecule has 4 heteroatoms. The van der Waals surface area contributed by atoms with Gasteiger partial charge in [-0.15, -0.1) is 11.8 Å². The number of rotatable bonds is 7. The van der Waals surface area contributed by atoms with Crippen LogP contribution < -0.4 is 0 Å². The van der Waals surface area contributed by atoms with Crippen molar-refractivity contribution < 1.29 is 5.11 Å². The third-order valence-electron chi connectivity index (χ3n) is 5.25. The number of aliphatic hydroxyl groups is 1. The Balaban J connectivity index is 2.20.